The molecule has 0 unspecified atom stereocenters. The second-order valence-corrected chi connectivity index (χ2v) is 3.10. The van der Waals surface area contributed by atoms with Crippen molar-refractivity contribution in [2.75, 3.05) is 6.54 Å². The van der Waals surface area contributed by atoms with Gasteiger partial charge in [-0.15, -0.1) is 0 Å². The van der Waals surface area contributed by atoms with Gasteiger partial charge in [-0.3, -0.25) is 4.99 Å². The van der Waals surface area contributed by atoms with Gasteiger partial charge in [0, 0.05) is 12.3 Å². The molecule has 0 amide bonds. The molecule has 2 aliphatic rings. The average molecular weight is 123 g/mol. The Balaban J connectivity index is 1.95. The van der Waals surface area contributed by atoms with E-state index in [2.05, 4.69) is 4.99 Å². The Hall–Kier alpha value is -0.330. The van der Waals surface area contributed by atoms with E-state index in [-0.39, 0.29) is 0 Å². The molecule has 0 spiro atoms. The molecule has 0 aromatic carbocycles. The Kier molecular flexibility index (Phi) is 1.29. The summed E-state index contributed by atoms with van der Waals surface area (Å²) in [6.45, 7) is 1.12. The normalized spacial score (nSPS) is 27.8. The second-order valence-electron chi connectivity index (χ2n) is 3.10. The maximum atomic E-state index is 4.47. The maximum Gasteiger partial charge on any atom is 0.0392 e. The van der Waals surface area contributed by atoms with Crippen LogP contribution in [0.25, 0.3) is 0 Å². The second kappa shape index (κ2) is 2.13. The Morgan fingerprint density at radius 3 is 2.56 bits per heavy atom. The molecule has 0 aromatic heterocycles. The number of nitrogens with zero attached hydrogens (tertiary/aromatic N) is 1. The van der Waals surface area contributed by atoms with Crippen molar-refractivity contribution in [1.29, 1.82) is 0 Å². The van der Waals surface area contributed by atoms with Gasteiger partial charge >= 0.3 is 0 Å². The average Bonchev–Trinajstić information content (AvgIpc) is 2.11. The van der Waals surface area contributed by atoms with Crippen molar-refractivity contribution in [1.82, 2.24) is 0 Å². The first-order valence-electron chi connectivity index (χ1n) is 4.00. The first kappa shape index (κ1) is 5.45. The minimum Gasteiger partial charge on any atom is -0.294 e. The van der Waals surface area contributed by atoms with Crippen LogP contribution in [0, 0.1) is 5.92 Å². The van der Waals surface area contributed by atoms with E-state index in [0.717, 1.165) is 12.5 Å². The SMILES string of the molecule is C1CN=C(C2CCC2)C1. The lowest BCUT2D eigenvalue weighted by atomic mass is 9.81. The predicted octanol–water partition coefficient (Wildman–Crippen LogP) is 2.02. The molecule has 0 saturated heterocycles. The summed E-state index contributed by atoms with van der Waals surface area (Å²) in [6.07, 6.45) is 6.94. The van der Waals surface area contributed by atoms with Gasteiger partial charge < -0.3 is 0 Å². The fraction of sp³-hybridized carbons (Fsp3) is 0.875. The molecule has 9 heavy (non-hydrogen) atoms. The number of hydrogen-bond donors (Lipinski definition) is 0. The van der Waals surface area contributed by atoms with Gasteiger partial charge in [0.25, 0.3) is 0 Å². The monoisotopic (exact) mass is 123 g/mol. The molecule has 50 valence electrons. The van der Waals surface area contributed by atoms with E-state index in [1.54, 1.807) is 5.71 Å². The summed E-state index contributed by atoms with van der Waals surface area (Å²) in [5, 5.41) is 0. The lowest BCUT2D eigenvalue weighted by Gasteiger charge is -2.25. The van der Waals surface area contributed by atoms with Gasteiger partial charge in [-0.05, 0) is 31.6 Å². The lowest BCUT2D eigenvalue weighted by molar-refractivity contribution is 0.410. The third kappa shape index (κ3) is 0.887. The fourth-order valence-corrected chi connectivity index (χ4v) is 1.64. The molecule has 1 nitrogen and oxygen atoms in total. The van der Waals surface area contributed by atoms with Gasteiger partial charge in [-0.1, -0.05) is 6.42 Å². The molecule has 1 fully saturated rings. The van der Waals surface area contributed by atoms with E-state index in [1.807, 2.05) is 0 Å². The van der Waals surface area contributed by atoms with Crippen molar-refractivity contribution in [3.8, 4) is 0 Å². The first-order valence-corrected chi connectivity index (χ1v) is 4.00. The summed E-state index contributed by atoms with van der Waals surface area (Å²) >= 11 is 0. The van der Waals surface area contributed by atoms with Crippen molar-refractivity contribution < 1.29 is 0 Å². The highest BCUT2D eigenvalue weighted by molar-refractivity contribution is 5.88. The van der Waals surface area contributed by atoms with Gasteiger partial charge in [-0.25, -0.2) is 0 Å². The highest BCUT2D eigenvalue weighted by Crippen LogP contribution is 2.30. The molecule has 0 aromatic rings. The molecule has 1 aliphatic heterocycles. The van der Waals surface area contributed by atoms with Gasteiger partial charge in [0.2, 0.25) is 0 Å². The van der Waals surface area contributed by atoms with Crippen LogP contribution in [0.4, 0.5) is 0 Å². The standard InChI is InChI=1S/C8H13N/c1-3-7(4-1)8-5-2-6-9-8/h7H,1-6H2. The summed E-state index contributed by atoms with van der Waals surface area (Å²) in [5.41, 5.74) is 1.54. The molecular weight excluding hydrogens is 110 g/mol. The zero-order valence-electron chi connectivity index (χ0n) is 5.77. The molecule has 1 heterocycles. The van der Waals surface area contributed by atoms with Crippen LogP contribution in [0.15, 0.2) is 4.99 Å². The molecule has 0 radical (unpaired) electrons. The smallest absolute Gasteiger partial charge is 0.0392 e. The van der Waals surface area contributed by atoms with Gasteiger partial charge in [0.1, 0.15) is 0 Å². The van der Waals surface area contributed by atoms with Crippen molar-refractivity contribution in [2.24, 2.45) is 10.9 Å². The van der Waals surface area contributed by atoms with Crippen molar-refractivity contribution in [3.63, 3.8) is 0 Å². The summed E-state index contributed by atoms with van der Waals surface area (Å²) in [7, 11) is 0. The van der Waals surface area contributed by atoms with E-state index < -0.39 is 0 Å². The molecule has 2 rings (SSSR count). The predicted molar refractivity (Wildman–Crippen MR) is 38.9 cm³/mol. The van der Waals surface area contributed by atoms with Gasteiger partial charge in [-0.2, -0.15) is 0 Å². The Morgan fingerprint density at radius 2 is 2.11 bits per heavy atom. The largest absolute Gasteiger partial charge is 0.294 e. The summed E-state index contributed by atoms with van der Waals surface area (Å²) in [5.74, 6) is 0.924. The molecule has 0 bridgehead atoms. The number of rotatable bonds is 1. The van der Waals surface area contributed by atoms with Crippen LogP contribution in [0.3, 0.4) is 0 Å². The van der Waals surface area contributed by atoms with E-state index in [0.29, 0.717) is 0 Å². The topological polar surface area (TPSA) is 12.4 Å². The minimum atomic E-state index is 0.924. The third-order valence-corrected chi connectivity index (χ3v) is 2.48. The van der Waals surface area contributed by atoms with Crippen LogP contribution in [-0.4, -0.2) is 12.3 Å². The van der Waals surface area contributed by atoms with Crippen LogP contribution >= 0.6 is 0 Å². The molecular formula is C8H13N. The quantitative estimate of drug-likeness (QED) is 0.506. The Morgan fingerprint density at radius 1 is 1.22 bits per heavy atom. The van der Waals surface area contributed by atoms with Crippen molar-refractivity contribution in [2.45, 2.75) is 32.1 Å². The maximum absolute atomic E-state index is 4.47. The molecule has 1 heteroatoms. The van der Waals surface area contributed by atoms with Crippen molar-refractivity contribution >= 4 is 5.71 Å². The van der Waals surface area contributed by atoms with E-state index in [9.17, 15) is 0 Å². The first-order chi connectivity index (χ1) is 4.47. The summed E-state index contributed by atoms with van der Waals surface area (Å²) < 4.78 is 0. The number of hydrogen-bond acceptors (Lipinski definition) is 1. The molecule has 0 atom stereocenters. The summed E-state index contributed by atoms with van der Waals surface area (Å²) in [4.78, 5) is 4.47. The van der Waals surface area contributed by atoms with Crippen LogP contribution < -0.4 is 0 Å². The van der Waals surface area contributed by atoms with Crippen LogP contribution in [0.2, 0.25) is 0 Å². The lowest BCUT2D eigenvalue weighted by Crippen LogP contribution is -2.19. The van der Waals surface area contributed by atoms with E-state index in [1.165, 1.54) is 32.1 Å². The Labute approximate surface area is 56.2 Å². The molecule has 1 saturated carbocycles. The zero-order valence-corrected chi connectivity index (χ0v) is 5.77. The van der Waals surface area contributed by atoms with Gasteiger partial charge in [0.05, 0.1) is 0 Å². The molecule has 1 aliphatic carbocycles. The third-order valence-electron chi connectivity index (χ3n) is 2.48. The van der Waals surface area contributed by atoms with Gasteiger partial charge in [0.15, 0.2) is 0 Å². The highest BCUT2D eigenvalue weighted by Gasteiger charge is 2.24. The Bertz CT molecular complexity index is 134. The molecule has 0 N–H and O–H groups in total. The van der Waals surface area contributed by atoms with E-state index >= 15 is 0 Å². The fourth-order valence-electron chi connectivity index (χ4n) is 1.64. The zero-order chi connectivity index (χ0) is 6.10. The van der Waals surface area contributed by atoms with Crippen molar-refractivity contribution in [3.05, 3.63) is 0 Å². The van der Waals surface area contributed by atoms with Crippen LogP contribution in [0.5, 0.6) is 0 Å². The van der Waals surface area contributed by atoms with E-state index in [4.69, 9.17) is 0 Å². The highest BCUT2D eigenvalue weighted by atomic mass is 14.8. The van der Waals surface area contributed by atoms with Crippen LogP contribution in [-0.2, 0) is 0 Å². The number of aliphatic imine (C=N–C) groups is 1. The summed E-state index contributed by atoms with van der Waals surface area (Å²) in [6, 6.07) is 0. The van der Waals surface area contributed by atoms with Crippen LogP contribution in [0.1, 0.15) is 32.1 Å². The minimum absolute atomic E-state index is 0.924.